The van der Waals surface area contributed by atoms with E-state index >= 15 is 0 Å². The first-order valence-corrected chi connectivity index (χ1v) is 11.0. The molecular weight excluding hydrogens is 428 g/mol. The minimum atomic E-state index is -1.01. The highest BCUT2D eigenvalue weighted by Crippen LogP contribution is 2.44. The molecule has 0 aliphatic carbocycles. The Bertz CT molecular complexity index is 1080. The van der Waals surface area contributed by atoms with Gasteiger partial charge in [-0.05, 0) is 39.1 Å². The fourth-order valence-corrected chi connectivity index (χ4v) is 4.62. The Hall–Kier alpha value is -2.56. The lowest BCUT2D eigenvalue weighted by molar-refractivity contribution is -0.231. The molecule has 3 aliphatic heterocycles. The molecule has 0 radical (unpaired) electrons. The van der Waals surface area contributed by atoms with Crippen molar-refractivity contribution in [1.29, 1.82) is 0 Å². The summed E-state index contributed by atoms with van der Waals surface area (Å²) >= 11 is 0. The van der Waals surface area contributed by atoms with Gasteiger partial charge in [0.2, 0.25) is 5.91 Å². The van der Waals surface area contributed by atoms with Crippen LogP contribution in [-0.2, 0) is 33.3 Å². The fourth-order valence-electron chi connectivity index (χ4n) is 4.62. The number of rotatable bonds is 4. The van der Waals surface area contributed by atoms with Gasteiger partial charge in [-0.3, -0.25) is 9.59 Å². The van der Waals surface area contributed by atoms with Crippen LogP contribution < -0.4 is 10.6 Å². The maximum absolute atomic E-state index is 13.0. The summed E-state index contributed by atoms with van der Waals surface area (Å²) in [4.78, 5) is 25.6. The average molecular weight is 456 g/mol. The molecule has 5 unspecified atom stereocenters. The molecule has 2 amide bonds. The molecule has 176 valence electrons. The van der Waals surface area contributed by atoms with E-state index in [-0.39, 0.29) is 12.5 Å². The van der Waals surface area contributed by atoms with Crippen LogP contribution in [0.3, 0.4) is 0 Å². The molecule has 9 heteroatoms. The lowest BCUT2D eigenvalue weighted by Gasteiger charge is -2.36. The lowest BCUT2D eigenvalue weighted by atomic mass is 9.98. The van der Waals surface area contributed by atoms with Crippen molar-refractivity contribution in [3.8, 4) is 0 Å². The highest BCUT2D eigenvalue weighted by Gasteiger charge is 2.62. The number of amides is 2. The summed E-state index contributed by atoms with van der Waals surface area (Å²) < 4.78 is 29.7. The quantitative estimate of drug-likeness (QED) is 0.727. The fraction of sp³-hybridized carbons (Fsp3) is 0.500. The third-order valence-electron chi connectivity index (χ3n) is 5.90. The third-order valence-corrected chi connectivity index (χ3v) is 5.90. The summed E-state index contributed by atoms with van der Waals surface area (Å²) in [5.74, 6) is -2.62. The number of nitrogens with one attached hydrogen (secondary N) is 2. The van der Waals surface area contributed by atoms with Crippen LogP contribution >= 0.6 is 0 Å². The maximum atomic E-state index is 13.0. The number of ether oxygens (including phenoxy) is 5. The van der Waals surface area contributed by atoms with Gasteiger partial charge >= 0.3 is 0 Å². The van der Waals surface area contributed by atoms with Crippen LogP contribution in [0.25, 0.3) is 10.8 Å². The van der Waals surface area contributed by atoms with Gasteiger partial charge in [0, 0.05) is 11.1 Å². The Morgan fingerprint density at radius 3 is 2.33 bits per heavy atom. The second kappa shape index (κ2) is 8.03. The molecule has 2 aromatic carbocycles. The number of carbonyl (C=O) groups excluding carboxylic acids is 2. The van der Waals surface area contributed by atoms with E-state index in [9.17, 15) is 9.59 Å². The lowest BCUT2D eigenvalue weighted by Crippen LogP contribution is -2.59. The van der Waals surface area contributed by atoms with E-state index in [1.54, 1.807) is 27.7 Å². The van der Waals surface area contributed by atoms with Crippen molar-refractivity contribution in [1.82, 2.24) is 5.32 Å². The van der Waals surface area contributed by atoms with Gasteiger partial charge in [0.1, 0.15) is 18.3 Å². The number of carbonyl (C=O) groups is 2. The second-order valence-corrected chi connectivity index (χ2v) is 9.38. The van der Waals surface area contributed by atoms with E-state index in [0.29, 0.717) is 5.69 Å². The van der Waals surface area contributed by atoms with Crippen molar-refractivity contribution in [3.05, 3.63) is 42.5 Å². The first-order chi connectivity index (χ1) is 15.6. The molecule has 3 saturated heterocycles. The van der Waals surface area contributed by atoms with Gasteiger partial charge in [-0.2, -0.15) is 0 Å². The second-order valence-electron chi connectivity index (χ2n) is 9.38. The van der Waals surface area contributed by atoms with Crippen molar-refractivity contribution in [2.45, 2.75) is 70.0 Å². The highest BCUT2D eigenvalue weighted by atomic mass is 16.9. The van der Waals surface area contributed by atoms with Crippen molar-refractivity contribution < 1.29 is 33.3 Å². The third kappa shape index (κ3) is 4.34. The number of fused-ring (bicyclic) bond motifs is 4. The Morgan fingerprint density at radius 1 is 0.848 bits per heavy atom. The van der Waals surface area contributed by atoms with Crippen LogP contribution in [0.5, 0.6) is 0 Å². The molecule has 33 heavy (non-hydrogen) atoms. The van der Waals surface area contributed by atoms with Gasteiger partial charge in [-0.1, -0.05) is 36.4 Å². The molecule has 0 saturated carbocycles. The maximum Gasteiger partial charge on any atom is 0.252 e. The van der Waals surface area contributed by atoms with E-state index in [0.717, 1.165) is 10.8 Å². The van der Waals surface area contributed by atoms with Crippen LogP contribution in [0.1, 0.15) is 27.7 Å². The van der Waals surface area contributed by atoms with Gasteiger partial charge < -0.3 is 34.3 Å². The number of hydrogen-bond donors (Lipinski definition) is 2. The van der Waals surface area contributed by atoms with E-state index in [2.05, 4.69) is 10.6 Å². The number of benzene rings is 2. The van der Waals surface area contributed by atoms with Gasteiger partial charge in [0.25, 0.3) is 5.91 Å². The van der Waals surface area contributed by atoms with Crippen molar-refractivity contribution >= 4 is 28.3 Å². The first-order valence-electron chi connectivity index (χ1n) is 11.0. The van der Waals surface area contributed by atoms with E-state index < -0.39 is 48.2 Å². The van der Waals surface area contributed by atoms with Crippen LogP contribution in [0.2, 0.25) is 0 Å². The van der Waals surface area contributed by atoms with Crippen LogP contribution in [0.15, 0.2) is 42.5 Å². The Labute approximate surface area is 191 Å². The van der Waals surface area contributed by atoms with Crippen LogP contribution in [0.4, 0.5) is 5.69 Å². The summed E-state index contributed by atoms with van der Waals surface area (Å²) in [7, 11) is 0. The topological polar surface area (TPSA) is 104 Å². The molecule has 9 nitrogen and oxygen atoms in total. The zero-order valence-electron chi connectivity index (χ0n) is 19.0. The van der Waals surface area contributed by atoms with Crippen molar-refractivity contribution in [2.24, 2.45) is 0 Å². The number of hydrogen-bond acceptors (Lipinski definition) is 7. The normalized spacial score (nSPS) is 31.6. The van der Waals surface area contributed by atoms with Crippen molar-refractivity contribution in [3.63, 3.8) is 0 Å². The summed E-state index contributed by atoms with van der Waals surface area (Å²) in [6.07, 6.45) is -3.55. The predicted octanol–water partition coefficient (Wildman–Crippen LogP) is 2.29. The zero-order valence-corrected chi connectivity index (χ0v) is 19.0. The first kappa shape index (κ1) is 22.2. The standard InChI is InChI=1S/C24H28N2O7/c1-23(2)30-17-18(31-23)20-22(33-24(3,4)32-20)29-19(17)21(28)25-12-16(27)26-15-11-7-9-13-8-5-6-10-14(13)15/h5-11,17-20,22H,12H2,1-4H3,(H,25,28)(H,26,27). The van der Waals surface area contributed by atoms with Crippen LogP contribution in [0, 0.1) is 0 Å². The molecule has 5 atom stereocenters. The SMILES string of the molecule is CC1(C)OC2OC(C(=O)NCC(=O)Nc3cccc4ccccc34)C3OC(C)(C)OC3C2O1. The summed E-state index contributed by atoms with van der Waals surface area (Å²) in [6.45, 7) is 6.87. The molecule has 2 N–H and O–H groups in total. The van der Waals surface area contributed by atoms with Gasteiger partial charge in [0.05, 0.1) is 6.54 Å². The molecule has 3 heterocycles. The minimum Gasteiger partial charge on any atom is -0.345 e. The molecule has 3 aliphatic rings. The van der Waals surface area contributed by atoms with Gasteiger partial charge in [-0.15, -0.1) is 0 Å². The molecule has 0 bridgehead atoms. The monoisotopic (exact) mass is 456 g/mol. The van der Waals surface area contributed by atoms with E-state index in [4.69, 9.17) is 23.7 Å². The predicted molar refractivity (Wildman–Crippen MR) is 118 cm³/mol. The van der Waals surface area contributed by atoms with E-state index in [1.807, 2.05) is 42.5 Å². The Balaban J connectivity index is 1.26. The molecule has 3 fully saturated rings. The zero-order chi connectivity index (χ0) is 23.4. The van der Waals surface area contributed by atoms with E-state index in [1.165, 1.54) is 0 Å². The molecule has 0 aromatic heterocycles. The molecular formula is C24H28N2O7. The molecule has 0 spiro atoms. The van der Waals surface area contributed by atoms with Gasteiger partial charge in [0.15, 0.2) is 24.0 Å². The highest BCUT2D eigenvalue weighted by molar-refractivity contribution is 6.03. The summed E-state index contributed by atoms with van der Waals surface area (Å²) in [5.41, 5.74) is 0.678. The summed E-state index contributed by atoms with van der Waals surface area (Å²) in [6, 6.07) is 13.4. The Kier molecular flexibility index (Phi) is 5.42. The molecule has 5 rings (SSSR count). The largest absolute Gasteiger partial charge is 0.345 e. The Morgan fingerprint density at radius 2 is 1.52 bits per heavy atom. The van der Waals surface area contributed by atoms with Crippen LogP contribution in [-0.4, -0.2) is 60.6 Å². The minimum absolute atomic E-state index is 0.222. The smallest absolute Gasteiger partial charge is 0.252 e. The van der Waals surface area contributed by atoms with Crippen molar-refractivity contribution in [2.75, 3.05) is 11.9 Å². The number of anilines is 1. The average Bonchev–Trinajstić information content (AvgIpc) is 3.25. The molecule has 2 aromatic rings. The van der Waals surface area contributed by atoms with Gasteiger partial charge in [-0.25, -0.2) is 0 Å². The summed E-state index contributed by atoms with van der Waals surface area (Å²) in [5, 5.41) is 7.44.